The van der Waals surface area contributed by atoms with Gasteiger partial charge in [0.2, 0.25) is 0 Å². The van der Waals surface area contributed by atoms with Gasteiger partial charge in [-0.25, -0.2) is 4.98 Å². The predicted octanol–water partition coefficient (Wildman–Crippen LogP) is 2.67. The van der Waals surface area contributed by atoms with Crippen LogP contribution in [-0.4, -0.2) is 11.5 Å². The molecule has 0 amide bonds. The maximum atomic E-state index is 4.22. The van der Waals surface area contributed by atoms with Crippen molar-refractivity contribution in [3.8, 4) is 0 Å². The first-order valence-electron chi connectivity index (χ1n) is 4.73. The van der Waals surface area contributed by atoms with Crippen LogP contribution in [0.2, 0.25) is 0 Å². The molecule has 1 aromatic heterocycles. The lowest BCUT2D eigenvalue weighted by Gasteiger charge is -2.22. The first-order valence-corrected chi connectivity index (χ1v) is 5.61. The van der Waals surface area contributed by atoms with Crippen molar-refractivity contribution >= 4 is 11.3 Å². The molecule has 1 N–H and O–H groups in total. The zero-order chi connectivity index (χ0) is 9.73. The molecule has 0 atom stereocenters. The van der Waals surface area contributed by atoms with Gasteiger partial charge in [-0.2, -0.15) is 0 Å². The summed E-state index contributed by atoms with van der Waals surface area (Å²) in [6, 6.07) is 0. The minimum absolute atomic E-state index is 0.400. The molecule has 1 heterocycles. The Kier molecular flexibility index (Phi) is 3.88. The Balaban J connectivity index is 2.21. The first kappa shape index (κ1) is 10.7. The second kappa shape index (κ2) is 4.72. The zero-order valence-electron chi connectivity index (χ0n) is 8.63. The average Bonchev–Trinajstić information content (AvgIpc) is 2.57. The Morgan fingerprint density at radius 3 is 2.85 bits per heavy atom. The van der Waals surface area contributed by atoms with Crippen molar-refractivity contribution in [2.75, 3.05) is 6.54 Å². The molecule has 0 spiro atoms. The minimum Gasteiger partial charge on any atom is -0.310 e. The number of hydrogen-bond acceptors (Lipinski definition) is 3. The van der Waals surface area contributed by atoms with Gasteiger partial charge < -0.3 is 5.32 Å². The summed E-state index contributed by atoms with van der Waals surface area (Å²) in [5.74, 6) is 0. The molecule has 74 valence electrons. The van der Waals surface area contributed by atoms with Gasteiger partial charge in [0.1, 0.15) is 5.01 Å². The van der Waals surface area contributed by atoms with Crippen LogP contribution in [0.15, 0.2) is 11.6 Å². The van der Waals surface area contributed by atoms with Gasteiger partial charge in [0.15, 0.2) is 0 Å². The standard InChI is InChI=1S/C10H18N2S/c1-4-10(2,3)8-11-7-9-12-5-6-13-9/h5-6,11H,4,7-8H2,1-3H3. The highest BCUT2D eigenvalue weighted by Crippen LogP contribution is 2.17. The number of nitrogens with zero attached hydrogens (tertiary/aromatic N) is 1. The van der Waals surface area contributed by atoms with Gasteiger partial charge in [-0.3, -0.25) is 0 Å². The van der Waals surface area contributed by atoms with E-state index in [0.717, 1.165) is 13.1 Å². The van der Waals surface area contributed by atoms with E-state index in [1.54, 1.807) is 11.3 Å². The smallest absolute Gasteiger partial charge is 0.106 e. The summed E-state index contributed by atoms with van der Waals surface area (Å²) < 4.78 is 0. The normalized spacial score (nSPS) is 11.9. The molecule has 0 unspecified atom stereocenters. The number of aromatic nitrogens is 1. The lowest BCUT2D eigenvalue weighted by atomic mass is 9.90. The highest BCUT2D eigenvalue weighted by molar-refractivity contribution is 7.09. The summed E-state index contributed by atoms with van der Waals surface area (Å²) in [5, 5.41) is 6.62. The molecule has 0 aliphatic carbocycles. The summed E-state index contributed by atoms with van der Waals surface area (Å²) in [6.45, 7) is 8.75. The van der Waals surface area contributed by atoms with Crippen LogP contribution in [-0.2, 0) is 6.54 Å². The Hall–Kier alpha value is -0.410. The fourth-order valence-corrected chi connectivity index (χ4v) is 1.56. The van der Waals surface area contributed by atoms with Crippen LogP contribution in [0.5, 0.6) is 0 Å². The maximum absolute atomic E-state index is 4.22. The predicted molar refractivity (Wildman–Crippen MR) is 57.9 cm³/mol. The fraction of sp³-hybridized carbons (Fsp3) is 0.700. The van der Waals surface area contributed by atoms with Crippen molar-refractivity contribution in [3.05, 3.63) is 16.6 Å². The minimum atomic E-state index is 0.400. The molecule has 0 radical (unpaired) electrons. The van der Waals surface area contributed by atoms with E-state index >= 15 is 0 Å². The Morgan fingerprint density at radius 1 is 1.54 bits per heavy atom. The number of rotatable bonds is 5. The van der Waals surface area contributed by atoms with E-state index < -0.39 is 0 Å². The molecule has 2 nitrogen and oxygen atoms in total. The molecule has 0 fully saturated rings. The number of thiazole rings is 1. The zero-order valence-corrected chi connectivity index (χ0v) is 9.45. The van der Waals surface area contributed by atoms with Crippen LogP contribution in [0.4, 0.5) is 0 Å². The van der Waals surface area contributed by atoms with Gasteiger partial charge in [-0.15, -0.1) is 11.3 Å². The molecular weight excluding hydrogens is 180 g/mol. The van der Waals surface area contributed by atoms with Crippen molar-refractivity contribution in [2.24, 2.45) is 5.41 Å². The molecule has 1 aromatic rings. The molecule has 0 saturated heterocycles. The van der Waals surface area contributed by atoms with Crippen LogP contribution in [0, 0.1) is 5.41 Å². The van der Waals surface area contributed by atoms with E-state index in [1.165, 1.54) is 11.4 Å². The lowest BCUT2D eigenvalue weighted by Crippen LogP contribution is -2.28. The summed E-state index contributed by atoms with van der Waals surface area (Å²) in [4.78, 5) is 4.22. The quantitative estimate of drug-likeness (QED) is 0.787. The molecule has 13 heavy (non-hydrogen) atoms. The van der Waals surface area contributed by atoms with E-state index in [0.29, 0.717) is 5.41 Å². The molecule has 0 bridgehead atoms. The first-order chi connectivity index (χ1) is 6.14. The number of hydrogen-bond donors (Lipinski definition) is 1. The largest absolute Gasteiger partial charge is 0.310 e. The van der Waals surface area contributed by atoms with E-state index in [9.17, 15) is 0 Å². The maximum Gasteiger partial charge on any atom is 0.106 e. The lowest BCUT2D eigenvalue weighted by molar-refractivity contribution is 0.327. The van der Waals surface area contributed by atoms with Crippen molar-refractivity contribution < 1.29 is 0 Å². The van der Waals surface area contributed by atoms with Crippen LogP contribution in [0.25, 0.3) is 0 Å². The van der Waals surface area contributed by atoms with E-state index in [-0.39, 0.29) is 0 Å². The topological polar surface area (TPSA) is 24.9 Å². The van der Waals surface area contributed by atoms with E-state index in [2.05, 4.69) is 31.1 Å². The second-order valence-corrected chi connectivity index (χ2v) is 5.03. The number of nitrogens with one attached hydrogen (secondary N) is 1. The molecule has 0 aromatic carbocycles. The summed E-state index contributed by atoms with van der Waals surface area (Å²) >= 11 is 1.71. The third-order valence-corrected chi connectivity index (χ3v) is 3.10. The van der Waals surface area contributed by atoms with E-state index in [4.69, 9.17) is 0 Å². The van der Waals surface area contributed by atoms with Crippen LogP contribution in [0.1, 0.15) is 32.2 Å². The monoisotopic (exact) mass is 198 g/mol. The van der Waals surface area contributed by atoms with Crippen molar-refractivity contribution in [3.63, 3.8) is 0 Å². The highest BCUT2D eigenvalue weighted by atomic mass is 32.1. The van der Waals surface area contributed by atoms with Gasteiger partial charge >= 0.3 is 0 Å². The van der Waals surface area contributed by atoms with Crippen LogP contribution < -0.4 is 5.32 Å². The highest BCUT2D eigenvalue weighted by Gasteiger charge is 2.13. The Labute approximate surface area is 84.4 Å². The third kappa shape index (κ3) is 3.87. The molecule has 0 aliphatic rings. The second-order valence-electron chi connectivity index (χ2n) is 4.05. The Bertz CT molecular complexity index is 229. The van der Waals surface area contributed by atoms with Crippen LogP contribution >= 0.6 is 11.3 Å². The average molecular weight is 198 g/mol. The van der Waals surface area contributed by atoms with Gasteiger partial charge in [0, 0.05) is 24.7 Å². The van der Waals surface area contributed by atoms with Crippen LogP contribution in [0.3, 0.4) is 0 Å². The van der Waals surface area contributed by atoms with Crippen molar-refractivity contribution in [1.82, 2.24) is 10.3 Å². The third-order valence-electron chi connectivity index (χ3n) is 2.32. The van der Waals surface area contributed by atoms with Crippen molar-refractivity contribution in [1.29, 1.82) is 0 Å². The van der Waals surface area contributed by atoms with Crippen molar-refractivity contribution in [2.45, 2.75) is 33.7 Å². The molecule has 0 saturated carbocycles. The van der Waals surface area contributed by atoms with Gasteiger partial charge in [-0.05, 0) is 11.8 Å². The van der Waals surface area contributed by atoms with E-state index in [1.807, 2.05) is 11.6 Å². The van der Waals surface area contributed by atoms with Gasteiger partial charge in [-0.1, -0.05) is 20.8 Å². The molecular formula is C10H18N2S. The van der Waals surface area contributed by atoms with Gasteiger partial charge in [0.05, 0.1) is 0 Å². The molecule has 1 rings (SSSR count). The summed E-state index contributed by atoms with van der Waals surface area (Å²) in [5.41, 5.74) is 0.400. The molecule has 3 heteroatoms. The summed E-state index contributed by atoms with van der Waals surface area (Å²) in [6.07, 6.45) is 3.06. The fourth-order valence-electron chi connectivity index (χ4n) is 0.973. The summed E-state index contributed by atoms with van der Waals surface area (Å²) in [7, 11) is 0. The van der Waals surface area contributed by atoms with Gasteiger partial charge in [0.25, 0.3) is 0 Å². The molecule has 0 aliphatic heterocycles. The SMILES string of the molecule is CCC(C)(C)CNCc1nccs1. The Morgan fingerprint density at radius 2 is 2.31 bits per heavy atom.